The van der Waals surface area contributed by atoms with E-state index in [1.165, 1.54) is 7.11 Å². The maximum atomic E-state index is 11.4. The van der Waals surface area contributed by atoms with Crippen LogP contribution in [0.5, 0.6) is 0 Å². The van der Waals surface area contributed by atoms with Crippen LogP contribution in [0.3, 0.4) is 0 Å². The van der Waals surface area contributed by atoms with Gasteiger partial charge in [-0.05, 0) is 38.7 Å². The van der Waals surface area contributed by atoms with Crippen LogP contribution in [0.15, 0.2) is 12.3 Å². The van der Waals surface area contributed by atoms with Gasteiger partial charge in [0.2, 0.25) is 5.95 Å². The third-order valence-corrected chi connectivity index (χ3v) is 3.39. The Morgan fingerprint density at radius 2 is 2.11 bits per heavy atom. The molecule has 5 nitrogen and oxygen atoms in total. The zero-order valence-corrected chi connectivity index (χ0v) is 10.8. The first-order valence-corrected chi connectivity index (χ1v) is 6.33. The van der Waals surface area contributed by atoms with E-state index in [1.54, 1.807) is 6.20 Å². The molecule has 0 amide bonds. The van der Waals surface area contributed by atoms with Gasteiger partial charge >= 0.3 is 5.97 Å². The lowest BCUT2D eigenvalue weighted by Crippen LogP contribution is -2.30. The van der Waals surface area contributed by atoms with Gasteiger partial charge in [0.25, 0.3) is 0 Å². The topological polar surface area (TPSA) is 64.1 Å². The molecule has 0 atom stereocenters. The second-order valence-corrected chi connectivity index (χ2v) is 4.74. The lowest BCUT2D eigenvalue weighted by molar-refractivity contribution is -0.146. The van der Waals surface area contributed by atoms with Crippen LogP contribution in [-0.2, 0) is 9.53 Å². The number of anilines is 1. The Morgan fingerprint density at radius 1 is 1.39 bits per heavy atom. The summed E-state index contributed by atoms with van der Waals surface area (Å²) in [6.45, 7) is 1.95. The predicted molar refractivity (Wildman–Crippen MR) is 68.2 cm³/mol. The third-order valence-electron chi connectivity index (χ3n) is 3.39. The zero-order valence-electron chi connectivity index (χ0n) is 10.8. The summed E-state index contributed by atoms with van der Waals surface area (Å²) in [6, 6.07) is 2.23. The summed E-state index contributed by atoms with van der Waals surface area (Å²) in [5.74, 6) is 0.656. The number of nitrogens with one attached hydrogen (secondary N) is 1. The van der Waals surface area contributed by atoms with Crippen molar-refractivity contribution in [1.29, 1.82) is 0 Å². The third kappa shape index (κ3) is 3.18. The fourth-order valence-electron chi connectivity index (χ4n) is 2.34. The van der Waals surface area contributed by atoms with Gasteiger partial charge in [0.15, 0.2) is 0 Å². The molecule has 0 aromatic carbocycles. The molecular formula is C13H19N3O2. The molecule has 18 heavy (non-hydrogen) atoms. The van der Waals surface area contributed by atoms with Crippen molar-refractivity contribution in [2.24, 2.45) is 5.92 Å². The number of ether oxygens (including phenoxy) is 1. The molecule has 1 N–H and O–H groups in total. The molecule has 1 aromatic rings. The van der Waals surface area contributed by atoms with E-state index in [-0.39, 0.29) is 11.9 Å². The molecule has 0 spiro atoms. The molecule has 1 aliphatic rings. The number of esters is 1. The number of nitrogens with zero attached hydrogens (tertiary/aromatic N) is 2. The molecule has 0 aliphatic heterocycles. The van der Waals surface area contributed by atoms with Gasteiger partial charge < -0.3 is 10.1 Å². The molecule has 1 saturated carbocycles. The van der Waals surface area contributed by atoms with E-state index in [0.717, 1.165) is 31.4 Å². The quantitative estimate of drug-likeness (QED) is 0.829. The standard InChI is InChI=1S/C13H19N3O2/c1-9-7-8-14-13(15-9)16-11-5-3-10(4-6-11)12(17)18-2/h7-8,10-11H,3-6H2,1-2H3,(H,14,15,16). The maximum absolute atomic E-state index is 11.4. The van der Waals surface area contributed by atoms with Gasteiger partial charge in [-0.1, -0.05) is 0 Å². The smallest absolute Gasteiger partial charge is 0.308 e. The van der Waals surface area contributed by atoms with Crippen molar-refractivity contribution in [1.82, 2.24) is 9.97 Å². The molecule has 0 unspecified atom stereocenters. The first-order valence-electron chi connectivity index (χ1n) is 6.33. The number of aromatic nitrogens is 2. The Kier molecular flexibility index (Phi) is 4.12. The van der Waals surface area contributed by atoms with E-state index in [2.05, 4.69) is 15.3 Å². The van der Waals surface area contributed by atoms with E-state index in [1.807, 2.05) is 13.0 Å². The van der Waals surface area contributed by atoms with Crippen LogP contribution < -0.4 is 5.32 Å². The highest BCUT2D eigenvalue weighted by atomic mass is 16.5. The van der Waals surface area contributed by atoms with Crippen molar-refractivity contribution >= 4 is 11.9 Å². The Bertz CT molecular complexity index is 414. The van der Waals surface area contributed by atoms with Crippen LogP contribution in [0.1, 0.15) is 31.4 Å². The van der Waals surface area contributed by atoms with Crippen molar-refractivity contribution in [2.45, 2.75) is 38.6 Å². The Balaban J connectivity index is 1.85. The molecule has 1 heterocycles. The SMILES string of the molecule is COC(=O)C1CCC(Nc2nccc(C)n2)CC1. The van der Waals surface area contributed by atoms with Crippen LogP contribution in [0, 0.1) is 12.8 Å². The van der Waals surface area contributed by atoms with Gasteiger partial charge in [-0.2, -0.15) is 0 Å². The fourth-order valence-corrected chi connectivity index (χ4v) is 2.34. The number of methoxy groups -OCH3 is 1. The van der Waals surface area contributed by atoms with Gasteiger partial charge in [-0.3, -0.25) is 4.79 Å². The van der Waals surface area contributed by atoms with Gasteiger partial charge in [0.1, 0.15) is 0 Å². The minimum atomic E-state index is -0.0831. The molecule has 2 rings (SSSR count). The number of carbonyl (C=O) groups is 1. The van der Waals surface area contributed by atoms with Gasteiger partial charge in [0, 0.05) is 17.9 Å². The van der Waals surface area contributed by atoms with E-state index in [9.17, 15) is 4.79 Å². The fraction of sp³-hybridized carbons (Fsp3) is 0.615. The second-order valence-electron chi connectivity index (χ2n) is 4.74. The lowest BCUT2D eigenvalue weighted by Gasteiger charge is -2.27. The van der Waals surface area contributed by atoms with E-state index < -0.39 is 0 Å². The molecule has 98 valence electrons. The van der Waals surface area contributed by atoms with Crippen LogP contribution in [0.4, 0.5) is 5.95 Å². The maximum Gasteiger partial charge on any atom is 0.308 e. The van der Waals surface area contributed by atoms with Gasteiger partial charge in [-0.25, -0.2) is 9.97 Å². The van der Waals surface area contributed by atoms with Crippen molar-refractivity contribution in [2.75, 3.05) is 12.4 Å². The lowest BCUT2D eigenvalue weighted by atomic mass is 9.86. The first-order chi connectivity index (χ1) is 8.69. The summed E-state index contributed by atoms with van der Waals surface area (Å²) in [6.07, 6.45) is 5.41. The highest BCUT2D eigenvalue weighted by molar-refractivity contribution is 5.72. The Labute approximate surface area is 107 Å². The van der Waals surface area contributed by atoms with Crippen molar-refractivity contribution in [3.63, 3.8) is 0 Å². The Morgan fingerprint density at radius 3 is 2.72 bits per heavy atom. The van der Waals surface area contributed by atoms with Crippen molar-refractivity contribution in [3.8, 4) is 0 Å². The molecule has 1 fully saturated rings. The summed E-state index contributed by atoms with van der Waals surface area (Å²) in [4.78, 5) is 19.9. The molecular weight excluding hydrogens is 230 g/mol. The first kappa shape index (κ1) is 12.8. The van der Waals surface area contributed by atoms with Gasteiger partial charge in [-0.15, -0.1) is 0 Å². The minimum Gasteiger partial charge on any atom is -0.469 e. The summed E-state index contributed by atoms with van der Waals surface area (Å²) >= 11 is 0. The van der Waals surface area contributed by atoms with E-state index >= 15 is 0 Å². The average molecular weight is 249 g/mol. The van der Waals surface area contributed by atoms with E-state index in [4.69, 9.17) is 4.74 Å². The summed E-state index contributed by atoms with van der Waals surface area (Å²) in [5, 5.41) is 3.32. The number of hydrogen-bond acceptors (Lipinski definition) is 5. The molecule has 5 heteroatoms. The number of rotatable bonds is 3. The van der Waals surface area contributed by atoms with Crippen LogP contribution in [0.2, 0.25) is 0 Å². The molecule has 0 bridgehead atoms. The highest BCUT2D eigenvalue weighted by Gasteiger charge is 2.27. The largest absolute Gasteiger partial charge is 0.469 e. The van der Waals surface area contributed by atoms with Crippen LogP contribution in [0.25, 0.3) is 0 Å². The monoisotopic (exact) mass is 249 g/mol. The van der Waals surface area contributed by atoms with Crippen LogP contribution in [-0.4, -0.2) is 29.1 Å². The van der Waals surface area contributed by atoms with Crippen LogP contribution >= 0.6 is 0 Å². The average Bonchev–Trinajstić information content (AvgIpc) is 2.39. The number of hydrogen-bond donors (Lipinski definition) is 1. The van der Waals surface area contributed by atoms with Crippen molar-refractivity contribution in [3.05, 3.63) is 18.0 Å². The number of aryl methyl sites for hydroxylation is 1. The summed E-state index contributed by atoms with van der Waals surface area (Å²) in [5.41, 5.74) is 0.954. The van der Waals surface area contributed by atoms with Gasteiger partial charge in [0.05, 0.1) is 13.0 Å². The Hall–Kier alpha value is -1.65. The molecule has 0 saturated heterocycles. The van der Waals surface area contributed by atoms with Crippen molar-refractivity contribution < 1.29 is 9.53 Å². The minimum absolute atomic E-state index is 0.0616. The summed E-state index contributed by atoms with van der Waals surface area (Å²) in [7, 11) is 1.45. The summed E-state index contributed by atoms with van der Waals surface area (Å²) < 4.78 is 4.77. The number of carbonyl (C=O) groups excluding carboxylic acids is 1. The van der Waals surface area contributed by atoms with E-state index in [0.29, 0.717) is 12.0 Å². The molecule has 0 radical (unpaired) electrons. The molecule has 1 aromatic heterocycles. The zero-order chi connectivity index (χ0) is 13.0. The second kappa shape index (κ2) is 5.80. The highest BCUT2D eigenvalue weighted by Crippen LogP contribution is 2.26. The normalized spacial score (nSPS) is 23.4. The molecule has 1 aliphatic carbocycles. The predicted octanol–water partition coefficient (Wildman–Crippen LogP) is 1.93.